The van der Waals surface area contributed by atoms with Gasteiger partial charge in [-0.15, -0.1) is 0 Å². The Morgan fingerprint density at radius 3 is 2.59 bits per heavy atom. The number of amides is 1. The molecule has 5 nitrogen and oxygen atoms in total. The molecule has 0 aromatic heterocycles. The van der Waals surface area contributed by atoms with Crippen LogP contribution in [0.3, 0.4) is 0 Å². The van der Waals surface area contributed by atoms with Crippen LogP contribution in [0.25, 0.3) is 0 Å². The molecule has 0 heterocycles. The van der Waals surface area contributed by atoms with Crippen LogP contribution >= 0.6 is 0 Å². The van der Waals surface area contributed by atoms with Crippen molar-refractivity contribution in [3.63, 3.8) is 0 Å². The van der Waals surface area contributed by atoms with Gasteiger partial charge in [-0.3, -0.25) is 0 Å². The van der Waals surface area contributed by atoms with E-state index in [1.54, 1.807) is 0 Å². The highest BCUT2D eigenvalue weighted by molar-refractivity contribution is 5.64. The van der Waals surface area contributed by atoms with E-state index < -0.39 is 6.09 Å². The molecule has 0 saturated carbocycles. The molecule has 0 saturated heterocycles. The third-order valence-corrected chi connectivity index (χ3v) is 2.43. The monoisotopic (exact) mass is 238 g/mol. The normalized spacial score (nSPS) is 10.2. The van der Waals surface area contributed by atoms with Crippen molar-refractivity contribution in [3.8, 4) is 0 Å². The lowest BCUT2D eigenvalue weighted by Crippen LogP contribution is -2.30. The molecule has 1 amide bonds. The van der Waals surface area contributed by atoms with Crippen molar-refractivity contribution in [1.82, 2.24) is 4.90 Å². The zero-order valence-corrected chi connectivity index (χ0v) is 9.71. The van der Waals surface area contributed by atoms with E-state index in [4.69, 9.17) is 11.0 Å². The number of hydrogen-bond donors (Lipinski definition) is 2. The van der Waals surface area contributed by atoms with Crippen molar-refractivity contribution in [1.29, 1.82) is 0 Å². The lowest BCUT2D eigenvalue weighted by molar-refractivity contribution is 0.122. The lowest BCUT2D eigenvalue weighted by atomic mass is 10.2. The Morgan fingerprint density at radius 1 is 1.29 bits per heavy atom. The maximum absolute atomic E-state index is 11.0. The van der Waals surface area contributed by atoms with Gasteiger partial charge < -0.3 is 14.8 Å². The first-order valence-corrected chi connectivity index (χ1v) is 5.57. The first kappa shape index (κ1) is 13.5. The molecular formula is C12H18N2O3. The molecule has 0 fully saturated rings. The fraction of sp³-hybridized carbons (Fsp3) is 0.417. The number of carboxylic acid groups (broad SMARTS) is 1. The predicted octanol–water partition coefficient (Wildman–Crippen LogP) is 1.84. The smallest absolute Gasteiger partial charge is 0.407 e. The van der Waals surface area contributed by atoms with E-state index in [0.717, 1.165) is 18.4 Å². The van der Waals surface area contributed by atoms with E-state index in [0.29, 0.717) is 19.7 Å². The summed E-state index contributed by atoms with van der Waals surface area (Å²) in [5, 5.41) is 9.06. The summed E-state index contributed by atoms with van der Waals surface area (Å²) >= 11 is 0. The first-order valence-electron chi connectivity index (χ1n) is 5.57. The van der Waals surface area contributed by atoms with Crippen LogP contribution < -0.4 is 5.90 Å². The number of benzene rings is 1. The zero-order chi connectivity index (χ0) is 12.5. The molecule has 0 atom stereocenters. The summed E-state index contributed by atoms with van der Waals surface area (Å²) in [6.07, 6.45) is 0.605. The molecular weight excluding hydrogens is 220 g/mol. The van der Waals surface area contributed by atoms with Gasteiger partial charge in [-0.05, 0) is 18.4 Å². The molecule has 5 heteroatoms. The van der Waals surface area contributed by atoms with E-state index in [-0.39, 0.29) is 0 Å². The minimum Gasteiger partial charge on any atom is -0.465 e. The molecule has 0 unspecified atom stereocenters. The Balaban J connectivity index is 2.41. The van der Waals surface area contributed by atoms with Crippen molar-refractivity contribution in [2.45, 2.75) is 19.4 Å². The summed E-state index contributed by atoms with van der Waals surface area (Å²) in [6.45, 7) is 1.37. The van der Waals surface area contributed by atoms with Gasteiger partial charge in [-0.2, -0.15) is 0 Å². The fourth-order valence-electron chi connectivity index (χ4n) is 1.53. The van der Waals surface area contributed by atoms with E-state index >= 15 is 0 Å². The Morgan fingerprint density at radius 2 is 2.00 bits per heavy atom. The van der Waals surface area contributed by atoms with E-state index in [1.165, 1.54) is 4.90 Å². The van der Waals surface area contributed by atoms with Gasteiger partial charge in [0.2, 0.25) is 0 Å². The molecule has 0 bridgehead atoms. The second-order valence-corrected chi connectivity index (χ2v) is 3.77. The number of nitrogens with zero attached hydrogens (tertiary/aromatic N) is 1. The lowest BCUT2D eigenvalue weighted by Gasteiger charge is -2.19. The van der Waals surface area contributed by atoms with Gasteiger partial charge in [0.1, 0.15) is 0 Å². The predicted molar refractivity (Wildman–Crippen MR) is 64.3 cm³/mol. The Hall–Kier alpha value is -1.59. The summed E-state index contributed by atoms with van der Waals surface area (Å²) in [4.78, 5) is 16.9. The van der Waals surface area contributed by atoms with Crippen molar-refractivity contribution in [2.75, 3.05) is 13.2 Å². The Kier molecular flexibility index (Phi) is 6.06. The highest BCUT2D eigenvalue weighted by Crippen LogP contribution is 2.06. The van der Waals surface area contributed by atoms with Crippen LogP contribution in [0.1, 0.15) is 18.4 Å². The average Bonchev–Trinajstić information content (AvgIpc) is 2.34. The minimum atomic E-state index is -0.900. The van der Waals surface area contributed by atoms with Gasteiger partial charge in [-0.1, -0.05) is 30.3 Å². The Labute approximate surface area is 101 Å². The van der Waals surface area contributed by atoms with Gasteiger partial charge in [0.05, 0.1) is 6.61 Å². The summed E-state index contributed by atoms with van der Waals surface area (Å²) in [5.41, 5.74) is 0.991. The van der Waals surface area contributed by atoms with Gasteiger partial charge in [-0.25, -0.2) is 10.7 Å². The quantitative estimate of drug-likeness (QED) is 0.561. The largest absolute Gasteiger partial charge is 0.465 e. The van der Waals surface area contributed by atoms with Crippen molar-refractivity contribution >= 4 is 6.09 Å². The molecule has 1 rings (SSSR count). The number of carbonyl (C=O) groups is 1. The third-order valence-electron chi connectivity index (χ3n) is 2.43. The molecule has 0 aliphatic heterocycles. The van der Waals surface area contributed by atoms with Gasteiger partial charge >= 0.3 is 6.09 Å². The van der Waals surface area contributed by atoms with E-state index in [1.807, 2.05) is 30.3 Å². The average molecular weight is 238 g/mol. The number of unbranched alkanes of at least 4 members (excludes halogenated alkanes) is 1. The second kappa shape index (κ2) is 7.65. The van der Waals surface area contributed by atoms with Crippen molar-refractivity contribution in [3.05, 3.63) is 35.9 Å². The number of nitrogens with two attached hydrogens (primary N) is 1. The maximum Gasteiger partial charge on any atom is 0.407 e. The maximum atomic E-state index is 11.0. The van der Waals surface area contributed by atoms with Gasteiger partial charge in [0, 0.05) is 13.1 Å². The van der Waals surface area contributed by atoms with Crippen molar-refractivity contribution < 1.29 is 14.7 Å². The number of hydrogen-bond acceptors (Lipinski definition) is 3. The molecule has 0 aliphatic carbocycles. The van der Waals surface area contributed by atoms with E-state index in [9.17, 15) is 4.79 Å². The van der Waals surface area contributed by atoms with Crippen LogP contribution in [0.4, 0.5) is 4.79 Å². The molecule has 0 radical (unpaired) electrons. The highest BCUT2D eigenvalue weighted by Gasteiger charge is 2.11. The fourth-order valence-corrected chi connectivity index (χ4v) is 1.53. The third kappa shape index (κ3) is 5.33. The van der Waals surface area contributed by atoms with Crippen LogP contribution in [0.5, 0.6) is 0 Å². The molecule has 3 N–H and O–H groups in total. The first-order chi connectivity index (χ1) is 8.24. The van der Waals surface area contributed by atoms with Crippen LogP contribution in [-0.4, -0.2) is 29.3 Å². The minimum absolute atomic E-state index is 0.416. The SMILES string of the molecule is NOCCCCN(Cc1ccccc1)C(=O)O. The summed E-state index contributed by atoms with van der Waals surface area (Å²) < 4.78 is 0. The Bertz CT molecular complexity index is 330. The molecule has 0 spiro atoms. The molecule has 17 heavy (non-hydrogen) atoms. The van der Waals surface area contributed by atoms with Gasteiger partial charge in [0.25, 0.3) is 0 Å². The van der Waals surface area contributed by atoms with Crippen LogP contribution in [0.2, 0.25) is 0 Å². The molecule has 1 aromatic rings. The standard InChI is InChI=1S/C12H18N2O3/c13-17-9-5-4-8-14(12(15)16)10-11-6-2-1-3-7-11/h1-3,6-7H,4-5,8-10,13H2,(H,15,16). The van der Waals surface area contributed by atoms with Crippen LogP contribution in [-0.2, 0) is 11.4 Å². The van der Waals surface area contributed by atoms with Gasteiger partial charge in [0.15, 0.2) is 0 Å². The highest BCUT2D eigenvalue weighted by atomic mass is 16.6. The van der Waals surface area contributed by atoms with E-state index in [2.05, 4.69) is 4.84 Å². The summed E-state index contributed by atoms with van der Waals surface area (Å²) in [7, 11) is 0. The topological polar surface area (TPSA) is 75.8 Å². The second-order valence-electron chi connectivity index (χ2n) is 3.77. The zero-order valence-electron chi connectivity index (χ0n) is 9.71. The molecule has 1 aromatic carbocycles. The number of rotatable bonds is 7. The van der Waals surface area contributed by atoms with Crippen LogP contribution in [0, 0.1) is 0 Å². The van der Waals surface area contributed by atoms with Crippen molar-refractivity contribution in [2.24, 2.45) is 5.90 Å². The molecule has 0 aliphatic rings. The molecule has 94 valence electrons. The van der Waals surface area contributed by atoms with Crippen LogP contribution in [0.15, 0.2) is 30.3 Å². The summed E-state index contributed by atoms with van der Waals surface area (Å²) in [5.74, 6) is 4.90. The summed E-state index contributed by atoms with van der Waals surface area (Å²) in [6, 6.07) is 9.54.